The number of piperidine rings is 1. The molecule has 2 atom stereocenters. The Morgan fingerprint density at radius 2 is 1.96 bits per heavy atom. The maximum Gasteiger partial charge on any atom is 0.211 e. The van der Waals surface area contributed by atoms with Crippen LogP contribution in [0.2, 0.25) is 5.02 Å². The maximum atomic E-state index is 11.9. The molecule has 0 radical (unpaired) electrons. The molecule has 1 fully saturated rings. The third-order valence-corrected chi connectivity index (χ3v) is 8.39. The summed E-state index contributed by atoms with van der Waals surface area (Å²) in [5.41, 5.74) is 3.70. The second-order valence-corrected chi connectivity index (χ2v) is 11.1. The Balaban J connectivity index is 1.73. The summed E-state index contributed by atoms with van der Waals surface area (Å²) in [7, 11) is -3.12. The Hall–Kier alpha value is -0.690. The minimum absolute atomic E-state index is 0.232. The summed E-state index contributed by atoms with van der Waals surface area (Å²) >= 11 is 10.1. The Kier molecular flexibility index (Phi) is 5.54. The van der Waals surface area contributed by atoms with Crippen molar-refractivity contribution in [2.24, 2.45) is 16.8 Å². The Bertz CT molecular complexity index is 905. The fourth-order valence-corrected chi connectivity index (χ4v) is 6.52. The molecule has 0 N–H and O–H groups in total. The van der Waals surface area contributed by atoms with Crippen LogP contribution in [0.3, 0.4) is 0 Å². The van der Waals surface area contributed by atoms with Crippen molar-refractivity contribution < 1.29 is 8.42 Å². The number of nitrogens with zero attached hydrogens (tertiary/aromatic N) is 2. The number of halogens is 2. The zero-order valence-electron chi connectivity index (χ0n) is 15.4. The van der Waals surface area contributed by atoms with E-state index in [9.17, 15) is 8.42 Å². The van der Waals surface area contributed by atoms with E-state index in [1.165, 1.54) is 22.0 Å². The van der Waals surface area contributed by atoms with Crippen LogP contribution < -0.4 is 0 Å². The van der Waals surface area contributed by atoms with E-state index in [0.29, 0.717) is 24.9 Å². The number of aliphatic imine (C=N–C) groups is 1. The lowest BCUT2D eigenvalue weighted by Crippen LogP contribution is -2.41. The molecule has 1 aromatic rings. The van der Waals surface area contributed by atoms with Gasteiger partial charge in [-0.2, -0.15) is 0 Å². The van der Waals surface area contributed by atoms with Gasteiger partial charge in [0.25, 0.3) is 0 Å². The van der Waals surface area contributed by atoms with E-state index in [4.69, 9.17) is 16.6 Å². The number of benzene rings is 1. The second-order valence-electron chi connectivity index (χ2n) is 7.78. The fourth-order valence-electron chi connectivity index (χ4n) is 4.75. The zero-order valence-corrected chi connectivity index (χ0v) is 18.5. The van der Waals surface area contributed by atoms with Gasteiger partial charge in [0.2, 0.25) is 10.0 Å². The van der Waals surface area contributed by atoms with E-state index >= 15 is 0 Å². The van der Waals surface area contributed by atoms with Crippen molar-refractivity contribution in [3.8, 4) is 0 Å². The van der Waals surface area contributed by atoms with Crippen molar-refractivity contribution in [2.45, 2.75) is 31.6 Å². The van der Waals surface area contributed by atoms with Gasteiger partial charge >= 0.3 is 0 Å². The molecule has 4 rings (SSSR count). The summed E-state index contributed by atoms with van der Waals surface area (Å²) < 4.78 is 26.6. The molecule has 0 saturated carbocycles. The molecule has 0 aromatic heterocycles. The van der Waals surface area contributed by atoms with Crippen LogP contribution in [0.1, 0.15) is 42.7 Å². The minimum atomic E-state index is -3.12. The van der Waals surface area contributed by atoms with Crippen molar-refractivity contribution in [2.75, 3.05) is 25.9 Å². The van der Waals surface area contributed by atoms with E-state index in [0.717, 1.165) is 42.8 Å². The molecule has 27 heavy (non-hydrogen) atoms. The highest BCUT2D eigenvalue weighted by Gasteiger charge is 2.39. The van der Waals surface area contributed by atoms with E-state index in [2.05, 4.69) is 28.1 Å². The van der Waals surface area contributed by atoms with Gasteiger partial charge in [0.05, 0.1) is 6.26 Å². The van der Waals surface area contributed by atoms with Crippen LogP contribution in [0.4, 0.5) is 0 Å². The van der Waals surface area contributed by atoms with Crippen LogP contribution in [-0.4, -0.2) is 44.3 Å². The molecular formula is C20H24BrClN2O2S. The van der Waals surface area contributed by atoms with Crippen molar-refractivity contribution in [1.82, 2.24) is 4.31 Å². The van der Waals surface area contributed by atoms with Crippen molar-refractivity contribution in [3.63, 3.8) is 0 Å². The average molecular weight is 472 g/mol. The lowest BCUT2D eigenvalue weighted by Gasteiger charge is -2.38. The first-order valence-electron chi connectivity index (χ1n) is 9.50. The van der Waals surface area contributed by atoms with Crippen LogP contribution >= 0.6 is 27.5 Å². The Morgan fingerprint density at radius 3 is 2.67 bits per heavy atom. The summed E-state index contributed by atoms with van der Waals surface area (Å²) in [5, 5.41) is 0.739. The highest BCUT2D eigenvalue weighted by Crippen LogP contribution is 2.45. The van der Waals surface area contributed by atoms with E-state index < -0.39 is 10.0 Å². The summed E-state index contributed by atoms with van der Waals surface area (Å²) in [5.74, 6) is 0.951. The Labute approximate surface area is 174 Å². The van der Waals surface area contributed by atoms with Crippen LogP contribution in [0.15, 0.2) is 27.7 Å². The topological polar surface area (TPSA) is 49.7 Å². The molecule has 1 saturated heterocycles. The molecule has 7 heteroatoms. The number of fused-ring (bicyclic) bond motifs is 2. The third-order valence-electron chi connectivity index (χ3n) is 6.07. The molecule has 4 nitrogen and oxygen atoms in total. The fraction of sp³-hybridized carbons (Fsp3) is 0.550. The molecule has 2 unspecified atom stereocenters. The SMILES string of the molecule is CS(=O)(=O)N1CCC(C2C3=NCCCC3C(Br)=Cc3cc(Cl)ccc32)CC1. The first-order valence-corrected chi connectivity index (χ1v) is 12.5. The molecule has 3 aliphatic rings. The third kappa shape index (κ3) is 3.91. The molecule has 0 amide bonds. The molecular weight excluding hydrogens is 448 g/mol. The van der Waals surface area contributed by atoms with Crippen LogP contribution in [0.5, 0.6) is 0 Å². The number of hydrogen-bond donors (Lipinski definition) is 0. The standard InChI is InChI=1S/C20H24BrClN2O2S/c1-27(25,26)24-9-6-13(7-10-24)19-16-5-4-15(22)11-14(16)12-18(21)17-3-2-8-23-20(17)19/h4-5,11-13,17,19H,2-3,6-10H2,1H3. The number of allylic oxidation sites excluding steroid dienone is 1. The molecule has 146 valence electrons. The van der Waals surface area contributed by atoms with Gasteiger partial charge in [-0.1, -0.05) is 33.6 Å². The quantitative estimate of drug-likeness (QED) is 0.628. The van der Waals surface area contributed by atoms with Crippen LogP contribution in [0, 0.1) is 11.8 Å². The van der Waals surface area contributed by atoms with Crippen molar-refractivity contribution >= 4 is 49.3 Å². The lowest BCUT2D eigenvalue weighted by atomic mass is 9.73. The van der Waals surface area contributed by atoms with Crippen LogP contribution in [-0.2, 0) is 10.0 Å². The van der Waals surface area contributed by atoms with Gasteiger partial charge in [0.15, 0.2) is 0 Å². The number of rotatable bonds is 2. The molecule has 0 spiro atoms. The van der Waals surface area contributed by atoms with Gasteiger partial charge < -0.3 is 0 Å². The average Bonchev–Trinajstić information content (AvgIpc) is 2.75. The monoisotopic (exact) mass is 470 g/mol. The zero-order chi connectivity index (χ0) is 19.2. The Morgan fingerprint density at radius 1 is 1.22 bits per heavy atom. The van der Waals surface area contributed by atoms with Crippen LogP contribution in [0.25, 0.3) is 6.08 Å². The highest BCUT2D eigenvalue weighted by molar-refractivity contribution is 9.11. The lowest BCUT2D eigenvalue weighted by molar-refractivity contribution is 0.263. The predicted molar refractivity (Wildman–Crippen MR) is 115 cm³/mol. The normalized spacial score (nSPS) is 27.2. The molecule has 1 aromatic carbocycles. The predicted octanol–water partition coefficient (Wildman–Crippen LogP) is 4.70. The van der Waals surface area contributed by atoms with E-state index in [-0.39, 0.29) is 5.92 Å². The summed E-state index contributed by atoms with van der Waals surface area (Å²) in [6.07, 6.45) is 7.45. The van der Waals surface area contributed by atoms with Gasteiger partial charge in [0, 0.05) is 46.7 Å². The van der Waals surface area contributed by atoms with Crippen molar-refractivity contribution in [1.29, 1.82) is 0 Å². The number of sulfonamides is 1. The number of hydrogen-bond acceptors (Lipinski definition) is 3. The smallest absolute Gasteiger partial charge is 0.211 e. The van der Waals surface area contributed by atoms with Gasteiger partial charge in [-0.05, 0) is 60.9 Å². The first kappa shape index (κ1) is 19.6. The van der Waals surface area contributed by atoms with Gasteiger partial charge in [-0.25, -0.2) is 12.7 Å². The van der Waals surface area contributed by atoms with E-state index in [1.807, 2.05) is 12.1 Å². The van der Waals surface area contributed by atoms with Crippen molar-refractivity contribution in [3.05, 3.63) is 38.8 Å². The second kappa shape index (κ2) is 7.62. The highest BCUT2D eigenvalue weighted by atomic mass is 79.9. The first-order chi connectivity index (χ1) is 12.8. The van der Waals surface area contributed by atoms with Gasteiger partial charge in [-0.15, -0.1) is 0 Å². The largest absolute Gasteiger partial charge is 0.293 e. The summed E-state index contributed by atoms with van der Waals surface area (Å²) in [6, 6.07) is 6.14. The molecule has 2 heterocycles. The molecule has 1 aliphatic carbocycles. The van der Waals surface area contributed by atoms with E-state index in [1.54, 1.807) is 4.31 Å². The van der Waals surface area contributed by atoms with Gasteiger partial charge in [-0.3, -0.25) is 4.99 Å². The summed E-state index contributed by atoms with van der Waals surface area (Å²) in [6.45, 7) is 2.07. The molecule has 2 aliphatic heterocycles. The minimum Gasteiger partial charge on any atom is -0.293 e. The maximum absolute atomic E-state index is 11.9. The van der Waals surface area contributed by atoms with Gasteiger partial charge in [0.1, 0.15) is 0 Å². The summed E-state index contributed by atoms with van der Waals surface area (Å²) in [4.78, 5) is 4.99. The molecule has 0 bridgehead atoms.